The fourth-order valence-electron chi connectivity index (χ4n) is 8.09. The Hall–Kier alpha value is -5.28. The summed E-state index contributed by atoms with van der Waals surface area (Å²) in [7, 11) is 2.11. The molecule has 0 aliphatic carbocycles. The van der Waals surface area contributed by atoms with Crippen LogP contribution in [0.5, 0.6) is 0 Å². The second-order valence-corrected chi connectivity index (χ2v) is 15.3. The second-order valence-electron chi connectivity index (χ2n) is 14.5. The van der Waals surface area contributed by atoms with E-state index in [2.05, 4.69) is 48.3 Å². The maximum atomic E-state index is 14.4. The lowest BCUT2D eigenvalue weighted by Crippen LogP contribution is -2.71. The molecule has 0 radical (unpaired) electrons. The zero-order valence-corrected chi connectivity index (χ0v) is 31.1. The molecule has 11 nitrogen and oxygen atoms in total. The summed E-state index contributed by atoms with van der Waals surface area (Å²) in [4.78, 5) is 48.5. The van der Waals surface area contributed by atoms with E-state index in [-0.39, 0.29) is 41.1 Å². The van der Waals surface area contributed by atoms with Gasteiger partial charge in [0, 0.05) is 78.2 Å². The first-order valence-electron chi connectivity index (χ1n) is 17.5. The first kappa shape index (κ1) is 35.7. The standard InChI is InChI=1S/C39H36BrF3N8O3/c1-24-18-50-33(19-49(24)36(53)25-9-14-31(40)30(16-25)39(41,42)43)34(35(52)44-17-26-6-3-4-7-29(26)32-8-5-15-45-46-32)51(37(50)54)28-12-10-27(11-13-28)48-22-38(23-48)20-47(2)21-38/h3-16,24H,17-23H2,1-2H3,(H,44,52)/t24-/m1/s1. The van der Waals surface area contributed by atoms with Gasteiger partial charge < -0.3 is 20.0 Å². The van der Waals surface area contributed by atoms with Gasteiger partial charge in [-0.05, 0) is 74.1 Å². The summed E-state index contributed by atoms with van der Waals surface area (Å²) >= 11 is 2.94. The van der Waals surface area contributed by atoms with E-state index in [9.17, 15) is 27.6 Å². The lowest BCUT2D eigenvalue weighted by molar-refractivity contribution is -0.138. The van der Waals surface area contributed by atoms with Gasteiger partial charge in [0.15, 0.2) is 0 Å². The molecule has 0 bridgehead atoms. The highest BCUT2D eigenvalue weighted by atomic mass is 79.9. The third-order valence-corrected chi connectivity index (χ3v) is 11.3. The Morgan fingerprint density at radius 3 is 2.37 bits per heavy atom. The maximum Gasteiger partial charge on any atom is 0.417 e. The van der Waals surface area contributed by atoms with Gasteiger partial charge in [-0.15, -0.1) is 0 Å². The van der Waals surface area contributed by atoms with E-state index in [4.69, 9.17) is 0 Å². The molecule has 5 heterocycles. The van der Waals surface area contributed by atoms with Crippen molar-refractivity contribution in [2.24, 2.45) is 5.41 Å². The summed E-state index contributed by atoms with van der Waals surface area (Å²) in [5, 5.41) is 11.2. The van der Waals surface area contributed by atoms with Gasteiger partial charge in [-0.25, -0.2) is 4.79 Å². The molecule has 3 aliphatic rings. The number of alkyl halides is 3. The summed E-state index contributed by atoms with van der Waals surface area (Å²) in [6.45, 7) is 5.71. The predicted molar refractivity (Wildman–Crippen MR) is 199 cm³/mol. The summed E-state index contributed by atoms with van der Waals surface area (Å²) < 4.78 is 44.0. The molecule has 2 fully saturated rings. The zero-order chi connectivity index (χ0) is 37.9. The minimum atomic E-state index is -4.68. The Kier molecular flexibility index (Phi) is 8.96. The monoisotopic (exact) mass is 800 g/mol. The minimum absolute atomic E-state index is 0.0355. The molecule has 15 heteroatoms. The molecule has 0 saturated carbocycles. The van der Waals surface area contributed by atoms with E-state index in [1.807, 2.05) is 54.6 Å². The molecule has 1 atom stereocenters. The average molecular weight is 802 g/mol. The molecular formula is C39H36BrF3N8O3. The van der Waals surface area contributed by atoms with Crippen LogP contribution in [0, 0.1) is 5.41 Å². The van der Waals surface area contributed by atoms with Gasteiger partial charge in [0.2, 0.25) is 0 Å². The number of amides is 2. The number of rotatable bonds is 7. The van der Waals surface area contributed by atoms with Crippen LogP contribution in [-0.2, 0) is 25.8 Å². The highest BCUT2D eigenvalue weighted by Gasteiger charge is 2.50. The van der Waals surface area contributed by atoms with Crippen molar-refractivity contribution in [3.05, 3.63) is 128 Å². The number of carbonyl (C=O) groups is 2. The van der Waals surface area contributed by atoms with Crippen LogP contribution in [0.25, 0.3) is 16.9 Å². The Morgan fingerprint density at radius 2 is 1.69 bits per heavy atom. The number of likely N-dealkylation sites (tertiary alicyclic amines) is 1. The lowest BCUT2D eigenvalue weighted by Gasteiger charge is -2.60. The molecule has 1 spiro atoms. The van der Waals surface area contributed by atoms with Gasteiger partial charge in [0.05, 0.1) is 29.2 Å². The largest absolute Gasteiger partial charge is 0.417 e. The molecule has 0 unspecified atom stereocenters. The number of nitrogens with one attached hydrogen (secondary N) is 1. The summed E-state index contributed by atoms with van der Waals surface area (Å²) in [6, 6.07) is 21.3. The number of anilines is 1. The summed E-state index contributed by atoms with van der Waals surface area (Å²) in [5.41, 5.74) is 2.73. The SMILES string of the molecule is C[C@@H]1Cn2c(c(C(=O)NCc3ccccc3-c3cccnn3)n(-c3ccc(N4CC5(CN(C)C5)C4)cc3)c2=O)CN1C(=O)c1ccc(Br)c(C(F)(F)F)c1. The van der Waals surface area contributed by atoms with Gasteiger partial charge in [-0.2, -0.15) is 23.4 Å². The quantitative estimate of drug-likeness (QED) is 0.228. The minimum Gasteiger partial charge on any atom is -0.370 e. The van der Waals surface area contributed by atoms with Crippen LogP contribution in [0.2, 0.25) is 0 Å². The highest BCUT2D eigenvalue weighted by Crippen LogP contribution is 2.41. The Bertz CT molecular complexity index is 2310. The van der Waals surface area contributed by atoms with Crippen LogP contribution >= 0.6 is 15.9 Å². The van der Waals surface area contributed by atoms with Crippen LogP contribution < -0.4 is 15.9 Å². The molecule has 3 aliphatic heterocycles. The number of carbonyl (C=O) groups excluding carboxylic acids is 2. The number of halogens is 4. The van der Waals surface area contributed by atoms with Crippen molar-refractivity contribution in [1.29, 1.82) is 0 Å². The first-order valence-corrected chi connectivity index (χ1v) is 18.3. The van der Waals surface area contributed by atoms with Crippen molar-refractivity contribution in [2.45, 2.75) is 38.8 Å². The molecule has 3 aromatic carbocycles. The number of benzene rings is 3. The Labute approximate surface area is 317 Å². The normalized spacial score (nSPS) is 17.9. The summed E-state index contributed by atoms with van der Waals surface area (Å²) in [6.07, 6.45) is -3.11. The fraction of sp³-hybridized carbons (Fsp3) is 0.308. The predicted octanol–water partition coefficient (Wildman–Crippen LogP) is 5.60. The Balaban J connectivity index is 1.14. The van der Waals surface area contributed by atoms with Crippen LogP contribution in [0.3, 0.4) is 0 Å². The number of imidazole rings is 1. The molecule has 278 valence electrons. The molecule has 2 saturated heterocycles. The third-order valence-electron chi connectivity index (χ3n) is 10.6. The molecular weight excluding hydrogens is 765 g/mol. The van der Waals surface area contributed by atoms with Crippen LogP contribution in [0.4, 0.5) is 18.9 Å². The van der Waals surface area contributed by atoms with Crippen LogP contribution in [0.15, 0.2) is 94.3 Å². The molecule has 5 aromatic rings. The molecule has 54 heavy (non-hydrogen) atoms. The van der Waals surface area contributed by atoms with Crippen LogP contribution in [-0.4, -0.2) is 80.2 Å². The van der Waals surface area contributed by atoms with E-state index in [0.717, 1.165) is 49.1 Å². The molecule has 2 amide bonds. The molecule has 8 rings (SSSR count). The average Bonchev–Trinajstić information content (AvgIpc) is 3.41. The van der Waals surface area contributed by atoms with Crippen molar-refractivity contribution in [3.63, 3.8) is 0 Å². The van der Waals surface area contributed by atoms with Crippen molar-refractivity contribution in [3.8, 4) is 16.9 Å². The smallest absolute Gasteiger partial charge is 0.370 e. The van der Waals surface area contributed by atoms with E-state index in [1.165, 1.54) is 26.2 Å². The van der Waals surface area contributed by atoms with E-state index < -0.39 is 35.3 Å². The second kappa shape index (κ2) is 13.5. The van der Waals surface area contributed by atoms with Crippen molar-refractivity contribution < 1.29 is 22.8 Å². The highest BCUT2D eigenvalue weighted by molar-refractivity contribution is 9.10. The third kappa shape index (κ3) is 6.38. The molecule has 1 N–H and O–H groups in total. The van der Waals surface area contributed by atoms with Gasteiger partial charge in [0.1, 0.15) is 5.69 Å². The van der Waals surface area contributed by atoms with Crippen molar-refractivity contribution in [2.75, 3.05) is 38.1 Å². The van der Waals surface area contributed by atoms with Crippen LogP contribution in [0.1, 0.15) is 44.6 Å². The zero-order valence-electron chi connectivity index (χ0n) is 29.5. The van der Waals surface area contributed by atoms with Gasteiger partial charge in [0.25, 0.3) is 11.8 Å². The lowest BCUT2D eigenvalue weighted by atomic mass is 9.73. The van der Waals surface area contributed by atoms with Gasteiger partial charge >= 0.3 is 11.9 Å². The van der Waals surface area contributed by atoms with E-state index in [1.54, 1.807) is 19.2 Å². The van der Waals surface area contributed by atoms with Gasteiger partial charge in [-0.1, -0.05) is 40.2 Å². The number of hydrogen-bond donors (Lipinski definition) is 1. The maximum absolute atomic E-state index is 14.4. The van der Waals surface area contributed by atoms with E-state index in [0.29, 0.717) is 16.8 Å². The van der Waals surface area contributed by atoms with Crippen molar-refractivity contribution >= 4 is 33.4 Å². The van der Waals surface area contributed by atoms with E-state index >= 15 is 0 Å². The number of aromatic nitrogens is 4. The topological polar surface area (TPSA) is 109 Å². The van der Waals surface area contributed by atoms with Gasteiger partial charge in [-0.3, -0.25) is 18.7 Å². The van der Waals surface area contributed by atoms with Crippen molar-refractivity contribution in [1.82, 2.24) is 34.4 Å². The number of nitrogens with zero attached hydrogens (tertiary/aromatic N) is 7. The fourth-order valence-corrected chi connectivity index (χ4v) is 8.56. The molecule has 2 aromatic heterocycles. The summed E-state index contributed by atoms with van der Waals surface area (Å²) in [5.74, 6) is -1.20. The number of fused-ring (bicyclic) bond motifs is 1. The Morgan fingerprint density at radius 1 is 0.963 bits per heavy atom. The number of hydrogen-bond acceptors (Lipinski definition) is 7. The first-order chi connectivity index (χ1) is 25.8.